The van der Waals surface area contributed by atoms with Crippen molar-refractivity contribution in [1.82, 2.24) is 0 Å². The van der Waals surface area contributed by atoms with E-state index in [1.54, 1.807) is 0 Å². The second-order valence-electron chi connectivity index (χ2n) is 2.91. The zero-order valence-electron chi connectivity index (χ0n) is 6.85. The number of hydrogen-bond acceptors (Lipinski definition) is 2. The molecule has 0 aromatic carbocycles. The van der Waals surface area contributed by atoms with Gasteiger partial charge in [-0.3, -0.25) is 4.99 Å². The predicted molar refractivity (Wildman–Crippen MR) is 50.0 cm³/mol. The van der Waals surface area contributed by atoms with Crippen molar-refractivity contribution in [2.75, 3.05) is 6.54 Å². The molecular weight excluding hydrogens is 154 g/mol. The molecule has 0 radical (unpaired) electrons. The van der Waals surface area contributed by atoms with Crippen LogP contribution in [0.15, 0.2) is 4.99 Å². The molecule has 0 fully saturated rings. The lowest BCUT2D eigenvalue weighted by Crippen LogP contribution is -1.99. The summed E-state index contributed by atoms with van der Waals surface area (Å²) >= 11 is 1.93. The number of rotatable bonds is 0. The number of nitrogens with zero attached hydrogens (tertiary/aromatic N) is 1. The van der Waals surface area contributed by atoms with Crippen LogP contribution in [0.5, 0.6) is 0 Å². The normalized spacial score (nSPS) is 15.1. The molecule has 0 N–H and O–H groups in total. The van der Waals surface area contributed by atoms with Gasteiger partial charge in [0.25, 0.3) is 0 Å². The van der Waals surface area contributed by atoms with Crippen LogP contribution >= 0.6 is 11.3 Å². The summed E-state index contributed by atoms with van der Waals surface area (Å²) < 4.78 is 0. The maximum atomic E-state index is 4.27. The van der Waals surface area contributed by atoms with Crippen LogP contribution in [0.2, 0.25) is 0 Å². The summed E-state index contributed by atoms with van der Waals surface area (Å²) in [6.45, 7) is 5.35. The molecule has 1 aliphatic heterocycles. The largest absolute Gasteiger partial charge is 0.292 e. The van der Waals surface area contributed by atoms with Crippen LogP contribution in [0.25, 0.3) is 0 Å². The van der Waals surface area contributed by atoms with Crippen molar-refractivity contribution in [2.24, 2.45) is 4.99 Å². The lowest BCUT2D eigenvalue weighted by Gasteiger charge is -2.03. The number of fused-ring (bicyclic) bond motifs is 1. The smallest absolute Gasteiger partial charge is 0.0438 e. The van der Waals surface area contributed by atoms with E-state index in [1.807, 2.05) is 17.6 Å². The van der Waals surface area contributed by atoms with Gasteiger partial charge < -0.3 is 0 Å². The van der Waals surface area contributed by atoms with E-state index in [0.717, 1.165) is 13.0 Å². The quantitative estimate of drug-likeness (QED) is 0.559. The van der Waals surface area contributed by atoms with Gasteiger partial charge in [-0.05, 0) is 19.4 Å². The van der Waals surface area contributed by atoms with E-state index in [0.29, 0.717) is 0 Å². The fourth-order valence-electron chi connectivity index (χ4n) is 1.39. The molecule has 1 aromatic rings. The Morgan fingerprint density at radius 1 is 1.45 bits per heavy atom. The van der Waals surface area contributed by atoms with Crippen molar-refractivity contribution in [2.45, 2.75) is 20.3 Å². The Kier molecular flexibility index (Phi) is 1.57. The van der Waals surface area contributed by atoms with Crippen molar-refractivity contribution < 1.29 is 0 Å². The van der Waals surface area contributed by atoms with Gasteiger partial charge in [0.15, 0.2) is 0 Å². The molecule has 2 rings (SSSR count). The highest BCUT2D eigenvalue weighted by Crippen LogP contribution is 2.27. The number of thiophene rings is 1. The van der Waals surface area contributed by atoms with E-state index in [2.05, 4.69) is 18.8 Å². The van der Waals surface area contributed by atoms with Crippen molar-refractivity contribution >= 4 is 17.6 Å². The summed E-state index contributed by atoms with van der Waals surface area (Å²) in [6, 6.07) is 0. The maximum Gasteiger partial charge on any atom is 0.0438 e. The van der Waals surface area contributed by atoms with Gasteiger partial charge in [0.1, 0.15) is 0 Å². The minimum atomic E-state index is 0.979. The zero-order valence-corrected chi connectivity index (χ0v) is 7.66. The molecule has 2 heteroatoms. The van der Waals surface area contributed by atoms with Crippen LogP contribution < -0.4 is 0 Å². The number of aryl methyl sites for hydroxylation is 1. The van der Waals surface area contributed by atoms with Crippen LogP contribution in [0.4, 0.5) is 0 Å². The van der Waals surface area contributed by atoms with E-state index in [-0.39, 0.29) is 0 Å². The Morgan fingerprint density at radius 3 is 3.00 bits per heavy atom. The van der Waals surface area contributed by atoms with Crippen molar-refractivity contribution in [3.63, 3.8) is 0 Å². The van der Waals surface area contributed by atoms with Crippen LogP contribution in [-0.4, -0.2) is 12.8 Å². The van der Waals surface area contributed by atoms with Gasteiger partial charge in [0.2, 0.25) is 0 Å². The summed E-state index contributed by atoms with van der Waals surface area (Å²) in [5, 5.41) is 0. The molecule has 0 spiro atoms. The Bertz CT molecular complexity index is 310. The third-order valence-corrected chi connectivity index (χ3v) is 3.48. The minimum absolute atomic E-state index is 0.979. The second-order valence-corrected chi connectivity index (χ2v) is 4.21. The van der Waals surface area contributed by atoms with Crippen LogP contribution in [0, 0.1) is 13.8 Å². The van der Waals surface area contributed by atoms with Gasteiger partial charge in [-0.25, -0.2) is 0 Å². The van der Waals surface area contributed by atoms with Crippen molar-refractivity contribution in [1.29, 1.82) is 0 Å². The first-order valence-corrected chi connectivity index (χ1v) is 4.69. The van der Waals surface area contributed by atoms with E-state index < -0.39 is 0 Å². The Hall–Kier alpha value is -0.630. The van der Waals surface area contributed by atoms with Gasteiger partial charge in [-0.2, -0.15) is 0 Å². The first-order valence-electron chi connectivity index (χ1n) is 3.87. The maximum absolute atomic E-state index is 4.27. The van der Waals surface area contributed by atoms with Gasteiger partial charge in [-0.1, -0.05) is 0 Å². The van der Waals surface area contributed by atoms with E-state index in [1.165, 1.54) is 20.9 Å². The molecule has 1 aromatic heterocycles. The third kappa shape index (κ3) is 1.02. The van der Waals surface area contributed by atoms with E-state index in [4.69, 9.17) is 0 Å². The average Bonchev–Trinajstić information content (AvgIpc) is 2.30. The van der Waals surface area contributed by atoms with Gasteiger partial charge >= 0.3 is 0 Å². The lowest BCUT2D eigenvalue weighted by molar-refractivity contribution is 0.972. The molecule has 0 saturated heterocycles. The summed E-state index contributed by atoms with van der Waals surface area (Å²) in [5.41, 5.74) is 2.81. The van der Waals surface area contributed by atoms with Crippen LogP contribution in [0.1, 0.15) is 20.9 Å². The molecule has 0 unspecified atom stereocenters. The number of aliphatic imine (C=N–C) groups is 1. The van der Waals surface area contributed by atoms with Gasteiger partial charge in [-0.15, -0.1) is 11.3 Å². The minimum Gasteiger partial charge on any atom is -0.292 e. The molecule has 0 bridgehead atoms. The van der Waals surface area contributed by atoms with Gasteiger partial charge in [0.05, 0.1) is 0 Å². The molecule has 0 amide bonds. The van der Waals surface area contributed by atoms with Crippen molar-refractivity contribution in [3.05, 3.63) is 20.9 Å². The Balaban J connectivity index is 2.61. The molecule has 1 nitrogen and oxygen atoms in total. The molecule has 0 saturated carbocycles. The third-order valence-electron chi connectivity index (χ3n) is 2.20. The first kappa shape index (κ1) is 7.04. The van der Waals surface area contributed by atoms with E-state index >= 15 is 0 Å². The Morgan fingerprint density at radius 2 is 2.27 bits per heavy atom. The molecule has 0 atom stereocenters. The highest BCUT2D eigenvalue weighted by molar-refractivity contribution is 7.12. The summed E-state index contributed by atoms with van der Waals surface area (Å²) in [6.07, 6.45) is 3.17. The fraction of sp³-hybridized carbons (Fsp3) is 0.444. The molecular formula is C9H11NS. The highest BCUT2D eigenvalue weighted by atomic mass is 32.1. The predicted octanol–water partition coefficient (Wildman–Crippen LogP) is 2.34. The van der Waals surface area contributed by atoms with Gasteiger partial charge in [0, 0.05) is 34.5 Å². The van der Waals surface area contributed by atoms with Crippen molar-refractivity contribution in [3.8, 4) is 0 Å². The summed E-state index contributed by atoms with van der Waals surface area (Å²) in [4.78, 5) is 7.24. The topological polar surface area (TPSA) is 12.4 Å². The summed E-state index contributed by atoms with van der Waals surface area (Å²) in [5.74, 6) is 0. The molecule has 0 aliphatic carbocycles. The lowest BCUT2D eigenvalue weighted by atomic mass is 10.1. The number of hydrogen-bond donors (Lipinski definition) is 0. The first-order chi connectivity index (χ1) is 5.29. The van der Waals surface area contributed by atoms with E-state index in [9.17, 15) is 0 Å². The summed E-state index contributed by atoms with van der Waals surface area (Å²) in [7, 11) is 0. The monoisotopic (exact) mass is 165 g/mol. The zero-order chi connectivity index (χ0) is 7.84. The molecule has 1 aliphatic rings. The van der Waals surface area contributed by atoms with Crippen LogP contribution in [0.3, 0.4) is 0 Å². The average molecular weight is 165 g/mol. The van der Waals surface area contributed by atoms with Crippen LogP contribution in [-0.2, 0) is 6.42 Å². The fourth-order valence-corrected chi connectivity index (χ4v) is 2.53. The Labute approximate surface area is 70.8 Å². The molecule has 2 heterocycles. The highest BCUT2D eigenvalue weighted by Gasteiger charge is 2.12. The molecule has 58 valence electrons. The standard InChI is InChI=1S/C9H11NS/c1-6-7(2)11-9-3-4-10-5-8(6)9/h5H,3-4H2,1-2H3. The molecule has 11 heavy (non-hydrogen) atoms. The second kappa shape index (κ2) is 2.45. The SMILES string of the molecule is Cc1sc2c(c1C)C=NCC2.